The highest BCUT2D eigenvalue weighted by molar-refractivity contribution is 5.30. The second-order valence-electron chi connectivity index (χ2n) is 3.27. The van der Waals surface area contributed by atoms with Gasteiger partial charge in [-0.3, -0.25) is 14.3 Å². The van der Waals surface area contributed by atoms with Crippen molar-refractivity contribution in [3.05, 3.63) is 38.4 Å². The van der Waals surface area contributed by atoms with E-state index in [1.807, 2.05) is 0 Å². The van der Waals surface area contributed by atoms with E-state index >= 15 is 0 Å². The van der Waals surface area contributed by atoms with Crippen molar-refractivity contribution in [3.8, 4) is 0 Å². The Hall–Kier alpha value is -2.38. The second kappa shape index (κ2) is 3.65. The van der Waals surface area contributed by atoms with Crippen LogP contribution in [0.25, 0.3) is 0 Å². The van der Waals surface area contributed by atoms with Crippen LogP contribution in [0.1, 0.15) is 11.4 Å². The summed E-state index contributed by atoms with van der Waals surface area (Å²) in [5.74, 6) is 0. The third-order valence-electron chi connectivity index (χ3n) is 2.10. The number of aryl methyl sites for hydroxylation is 1. The molecule has 2 aromatic rings. The van der Waals surface area contributed by atoms with Crippen LogP contribution >= 0.6 is 0 Å². The number of nitrogens with two attached hydrogens (primary N) is 1. The van der Waals surface area contributed by atoms with Crippen LogP contribution in [0, 0.1) is 6.92 Å². The Morgan fingerprint density at radius 1 is 1.50 bits per heavy atom. The van der Waals surface area contributed by atoms with Crippen LogP contribution in [-0.2, 0) is 6.54 Å². The molecule has 0 amide bonds. The lowest BCUT2D eigenvalue weighted by atomic mass is 10.3. The summed E-state index contributed by atoms with van der Waals surface area (Å²) < 4.78 is 5.72. The summed E-state index contributed by atoms with van der Waals surface area (Å²) in [5, 5.41) is 7.20. The number of hydrogen-bond donors (Lipinski definition) is 2. The van der Waals surface area contributed by atoms with E-state index in [2.05, 4.69) is 19.9 Å². The Balaban J connectivity index is 2.43. The molecule has 8 heteroatoms. The highest BCUT2D eigenvalue weighted by Gasteiger charge is 2.08. The lowest BCUT2D eigenvalue weighted by Gasteiger charge is -2.02. The van der Waals surface area contributed by atoms with Gasteiger partial charge in [0.05, 0.1) is 6.54 Å². The Morgan fingerprint density at radius 2 is 2.25 bits per heavy atom. The predicted octanol–water partition coefficient (Wildman–Crippen LogP) is -1.14. The Labute approximate surface area is 88.7 Å². The molecular formula is C8H9N5O3. The number of hydrogen-bond acceptors (Lipinski definition) is 6. The van der Waals surface area contributed by atoms with Crippen LogP contribution in [-0.4, -0.2) is 19.9 Å². The number of rotatable bonds is 2. The number of H-pyrrole nitrogens is 1. The van der Waals surface area contributed by atoms with Gasteiger partial charge in [-0.25, -0.2) is 9.42 Å². The molecule has 2 rings (SSSR count). The molecule has 0 spiro atoms. The molecule has 0 aliphatic carbocycles. The van der Waals surface area contributed by atoms with Crippen molar-refractivity contribution >= 4 is 5.69 Å². The average molecular weight is 223 g/mol. The molecular weight excluding hydrogens is 214 g/mol. The number of aromatic nitrogens is 4. The number of anilines is 1. The molecule has 84 valence electrons. The Bertz CT molecular complexity index is 623. The highest BCUT2D eigenvalue weighted by atomic mass is 16.6. The number of nitrogens with one attached hydrogen (secondary N) is 1. The lowest BCUT2D eigenvalue weighted by Crippen LogP contribution is -2.31. The maximum absolute atomic E-state index is 11.4. The minimum Gasteiger partial charge on any atom is -0.393 e. The largest absolute Gasteiger partial charge is 0.393 e. The van der Waals surface area contributed by atoms with E-state index in [-0.39, 0.29) is 12.2 Å². The normalized spacial score (nSPS) is 10.6. The van der Waals surface area contributed by atoms with Gasteiger partial charge >= 0.3 is 5.69 Å². The number of aromatic amines is 1. The van der Waals surface area contributed by atoms with Gasteiger partial charge < -0.3 is 5.73 Å². The van der Waals surface area contributed by atoms with Crippen LogP contribution in [0.5, 0.6) is 0 Å². The van der Waals surface area contributed by atoms with Crippen LogP contribution in [0.15, 0.2) is 20.4 Å². The third kappa shape index (κ3) is 1.72. The third-order valence-corrected chi connectivity index (χ3v) is 2.10. The van der Waals surface area contributed by atoms with Crippen LogP contribution in [0.3, 0.4) is 0 Å². The fraction of sp³-hybridized carbons (Fsp3) is 0.250. The van der Waals surface area contributed by atoms with Crippen molar-refractivity contribution in [1.82, 2.24) is 19.9 Å². The molecule has 2 heterocycles. The summed E-state index contributed by atoms with van der Waals surface area (Å²) in [5.41, 5.74) is 5.29. The fourth-order valence-corrected chi connectivity index (χ4v) is 1.20. The van der Waals surface area contributed by atoms with Gasteiger partial charge in [-0.2, -0.15) is 0 Å². The average Bonchev–Trinajstić information content (AvgIpc) is 2.61. The molecule has 0 aromatic carbocycles. The van der Waals surface area contributed by atoms with Crippen LogP contribution < -0.4 is 17.0 Å². The van der Waals surface area contributed by atoms with E-state index in [9.17, 15) is 9.59 Å². The van der Waals surface area contributed by atoms with Gasteiger partial charge in [0.1, 0.15) is 17.1 Å². The van der Waals surface area contributed by atoms with Gasteiger partial charge in [-0.15, -0.1) is 0 Å². The summed E-state index contributed by atoms with van der Waals surface area (Å²) >= 11 is 0. The van der Waals surface area contributed by atoms with Crippen molar-refractivity contribution in [1.29, 1.82) is 0 Å². The van der Waals surface area contributed by atoms with E-state index in [1.54, 1.807) is 6.92 Å². The molecule has 0 bridgehead atoms. The minimum atomic E-state index is -0.601. The Kier molecular flexibility index (Phi) is 2.31. The second-order valence-corrected chi connectivity index (χ2v) is 3.27. The Morgan fingerprint density at radius 3 is 2.88 bits per heavy atom. The molecule has 0 unspecified atom stereocenters. The van der Waals surface area contributed by atoms with E-state index in [0.29, 0.717) is 11.4 Å². The van der Waals surface area contributed by atoms with Crippen molar-refractivity contribution in [2.45, 2.75) is 13.5 Å². The van der Waals surface area contributed by atoms with E-state index in [1.165, 1.54) is 10.8 Å². The standard InChI is InChI=1S/C8H9N5O3/c1-4-6(12-16-11-4)3-13-2-5(9)7(14)10-8(13)15/h2H,3,9H2,1H3,(H,10,14,15). The zero-order chi connectivity index (χ0) is 11.7. The molecule has 8 nitrogen and oxygen atoms in total. The first-order chi connectivity index (χ1) is 7.58. The van der Waals surface area contributed by atoms with Gasteiger partial charge in [0.25, 0.3) is 5.56 Å². The molecule has 0 saturated heterocycles. The van der Waals surface area contributed by atoms with Gasteiger partial charge in [0, 0.05) is 6.20 Å². The molecule has 2 aromatic heterocycles. The molecule has 16 heavy (non-hydrogen) atoms. The maximum atomic E-state index is 11.4. The van der Waals surface area contributed by atoms with Gasteiger partial charge in [0.2, 0.25) is 0 Å². The predicted molar refractivity (Wildman–Crippen MR) is 53.9 cm³/mol. The summed E-state index contributed by atoms with van der Waals surface area (Å²) in [6.45, 7) is 1.85. The summed E-state index contributed by atoms with van der Waals surface area (Å²) in [7, 11) is 0. The number of nitrogens with zero attached hydrogens (tertiary/aromatic N) is 3. The van der Waals surface area contributed by atoms with Crippen LogP contribution in [0.2, 0.25) is 0 Å². The van der Waals surface area contributed by atoms with Gasteiger partial charge in [0.15, 0.2) is 0 Å². The van der Waals surface area contributed by atoms with Crippen molar-refractivity contribution in [2.75, 3.05) is 5.73 Å². The van der Waals surface area contributed by atoms with E-state index in [4.69, 9.17) is 5.73 Å². The van der Waals surface area contributed by atoms with Crippen molar-refractivity contribution in [3.63, 3.8) is 0 Å². The maximum Gasteiger partial charge on any atom is 0.328 e. The monoisotopic (exact) mass is 223 g/mol. The van der Waals surface area contributed by atoms with Gasteiger partial charge in [-0.1, -0.05) is 10.3 Å². The zero-order valence-corrected chi connectivity index (χ0v) is 8.43. The van der Waals surface area contributed by atoms with Crippen molar-refractivity contribution < 1.29 is 4.63 Å². The first kappa shape index (κ1) is 10.1. The molecule has 0 radical (unpaired) electrons. The molecule has 0 fully saturated rings. The van der Waals surface area contributed by atoms with Crippen molar-refractivity contribution in [2.24, 2.45) is 0 Å². The lowest BCUT2D eigenvalue weighted by molar-refractivity contribution is 0.300. The zero-order valence-electron chi connectivity index (χ0n) is 8.43. The summed E-state index contributed by atoms with van der Waals surface area (Å²) in [6.07, 6.45) is 1.26. The molecule has 0 aliphatic heterocycles. The van der Waals surface area contributed by atoms with Crippen LogP contribution in [0.4, 0.5) is 5.69 Å². The summed E-state index contributed by atoms with van der Waals surface area (Å²) in [4.78, 5) is 24.5. The first-order valence-electron chi connectivity index (χ1n) is 4.45. The molecule has 0 aliphatic rings. The smallest absolute Gasteiger partial charge is 0.328 e. The number of nitrogen functional groups attached to an aromatic ring is 1. The highest BCUT2D eigenvalue weighted by Crippen LogP contribution is 2.02. The molecule has 0 saturated carbocycles. The first-order valence-corrected chi connectivity index (χ1v) is 4.45. The fourth-order valence-electron chi connectivity index (χ4n) is 1.20. The molecule has 0 atom stereocenters. The topological polar surface area (TPSA) is 120 Å². The van der Waals surface area contributed by atoms with E-state index < -0.39 is 11.2 Å². The summed E-state index contributed by atoms with van der Waals surface area (Å²) in [6, 6.07) is 0. The minimum absolute atomic E-state index is 0.0336. The van der Waals surface area contributed by atoms with E-state index in [0.717, 1.165) is 0 Å². The van der Waals surface area contributed by atoms with Gasteiger partial charge in [-0.05, 0) is 6.92 Å². The molecule has 3 N–H and O–H groups in total. The quantitative estimate of drug-likeness (QED) is 0.663. The SMILES string of the molecule is Cc1nonc1Cn1cc(N)c(=O)[nH]c1=O.